The standard InChI is InChI=1S/C19H23N5O/c1-2-7-16(23-21)18-22-15-11-6-8-13(12-20)17(15)19(25)24(18)14-9-4-3-5-10-14/h1,4,9-12,16,18,20,22-23H,3,5-8,21H2. The summed E-state index contributed by atoms with van der Waals surface area (Å²) in [6.45, 7) is 0. The molecule has 1 amide bonds. The van der Waals surface area contributed by atoms with Crippen LogP contribution in [0.3, 0.4) is 0 Å². The quantitative estimate of drug-likeness (QED) is 0.264. The van der Waals surface area contributed by atoms with Crippen LogP contribution in [0.1, 0.15) is 32.1 Å². The Morgan fingerprint density at radius 1 is 1.48 bits per heavy atom. The van der Waals surface area contributed by atoms with Gasteiger partial charge in [0.05, 0.1) is 11.6 Å². The minimum Gasteiger partial charge on any atom is -0.363 e. The number of terminal acetylenes is 1. The molecule has 0 radical (unpaired) electrons. The molecule has 0 saturated carbocycles. The third kappa shape index (κ3) is 3.16. The average molecular weight is 337 g/mol. The number of amides is 1. The maximum atomic E-state index is 13.4. The van der Waals surface area contributed by atoms with E-state index in [1.165, 1.54) is 6.21 Å². The molecule has 5 N–H and O–H groups in total. The summed E-state index contributed by atoms with van der Waals surface area (Å²) in [5, 5.41) is 11.1. The maximum absolute atomic E-state index is 13.4. The van der Waals surface area contributed by atoms with Gasteiger partial charge in [0.2, 0.25) is 0 Å². The predicted molar refractivity (Wildman–Crippen MR) is 97.9 cm³/mol. The zero-order valence-electron chi connectivity index (χ0n) is 14.1. The first kappa shape index (κ1) is 17.2. The minimum atomic E-state index is -0.386. The fraction of sp³-hybridized carbons (Fsp3) is 0.368. The second-order valence-electron chi connectivity index (χ2n) is 6.26. The first-order valence-corrected chi connectivity index (χ1v) is 8.51. The number of hydrogen-bond acceptors (Lipinski definition) is 5. The number of carbonyl (C=O) groups is 1. The van der Waals surface area contributed by atoms with E-state index in [0.717, 1.165) is 36.2 Å². The van der Waals surface area contributed by atoms with E-state index in [-0.39, 0.29) is 18.1 Å². The number of nitrogens with one attached hydrogen (secondary N) is 3. The molecule has 1 fully saturated rings. The molecule has 6 nitrogen and oxygen atoms in total. The summed E-state index contributed by atoms with van der Waals surface area (Å²) in [6, 6.07) is -0.294. The van der Waals surface area contributed by atoms with Crippen molar-refractivity contribution in [3.05, 3.63) is 46.8 Å². The van der Waals surface area contributed by atoms with Crippen LogP contribution in [0.25, 0.3) is 0 Å². The van der Waals surface area contributed by atoms with Crippen molar-refractivity contribution in [2.45, 2.75) is 44.3 Å². The minimum absolute atomic E-state index is 0.108. The predicted octanol–water partition coefficient (Wildman–Crippen LogP) is 1.46. The summed E-state index contributed by atoms with van der Waals surface area (Å²) >= 11 is 0. The van der Waals surface area contributed by atoms with Gasteiger partial charge >= 0.3 is 0 Å². The summed E-state index contributed by atoms with van der Waals surface area (Å²) in [5.74, 6) is 8.23. The average Bonchev–Trinajstić information content (AvgIpc) is 2.66. The highest BCUT2D eigenvalue weighted by molar-refractivity contribution is 6.05. The van der Waals surface area contributed by atoms with E-state index in [0.29, 0.717) is 18.4 Å². The van der Waals surface area contributed by atoms with Crippen molar-refractivity contribution in [3.63, 3.8) is 0 Å². The van der Waals surface area contributed by atoms with Crippen LogP contribution in [0.4, 0.5) is 0 Å². The lowest BCUT2D eigenvalue weighted by Crippen LogP contribution is -2.63. The smallest absolute Gasteiger partial charge is 0.262 e. The highest BCUT2D eigenvalue weighted by Gasteiger charge is 2.41. The number of nitrogens with zero attached hydrogens (tertiary/aromatic N) is 1. The van der Waals surface area contributed by atoms with E-state index in [1.54, 1.807) is 4.90 Å². The summed E-state index contributed by atoms with van der Waals surface area (Å²) in [6.07, 6.45) is 18.2. The highest BCUT2D eigenvalue weighted by atomic mass is 16.2. The number of nitrogens with two attached hydrogens (primary N) is 1. The number of carbonyl (C=O) groups excluding carboxylic acids is 1. The lowest BCUT2D eigenvalue weighted by atomic mass is 9.90. The summed E-state index contributed by atoms with van der Waals surface area (Å²) in [4.78, 5) is 15.1. The van der Waals surface area contributed by atoms with Crippen molar-refractivity contribution in [1.82, 2.24) is 15.6 Å². The molecule has 2 atom stereocenters. The van der Waals surface area contributed by atoms with E-state index in [9.17, 15) is 4.79 Å². The zero-order chi connectivity index (χ0) is 17.8. The van der Waals surface area contributed by atoms with Crippen LogP contribution >= 0.6 is 0 Å². The van der Waals surface area contributed by atoms with E-state index in [2.05, 4.69) is 28.8 Å². The van der Waals surface area contributed by atoms with Crippen molar-refractivity contribution in [1.29, 1.82) is 5.41 Å². The van der Waals surface area contributed by atoms with Gasteiger partial charge in [-0.1, -0.05) is 18.2 Å². The molecule has 2 aliphatic carbocycles. The molecule has 3 aliphatic rings. The third-order valence-corrected chi connectivity index (χ3v) is 4.73. The van der Waals surface area contributed by atoms with E-state index >= 15 is 0 Å². The molecule has 1 aliphatic heterocycles. The molecule has 0 aromatic carbocycles. The van der Waals surface area contributed by atoms with Gasteiger partial charge < -0.3 is 10.7 Å². The molecule has 6 heteroatoms. The topological polar surface area (TPSA) is 94.2 Å². The Bertz CT molecular complexity index is 737. The Labute approximate surface area is 148 Å². The van der Waals surface area contributed by atoms with Crippen LogP contribution in [0.2, 0.25) is 0 Å². The Hall–Kier alpha value is -2.62. The highest BCUT2D eigenvalue weighted by Crippen LogP contribution is 2.33. The largest absolute Gasteiger partial charge is 0.363 e. The van der Waals surface area contributed by atoms with Crippen molar-refractivity contribution in [2.24, 2.45) is 5.84 Å². The second-order valence-corrected chi connectivity index (χ2v) is 6.26. The van der Waals surface area contributed by atoms with Crippen LogP contribution < -0.4 is 16.6 Å². The van der Waals surface area contributed by atoms with Gasteiger partial charge in [0.1, 0.15) is 6.17 Å². The van der Waals surface area contributed by atoms with Gasteiger partial charge in [-0.25, -0.2) is 0 Å². The molecule has 0 bridgehead atoms. The summed E-state index contributed by atoms with van der Waals surface area (Å²) in [7, 11) is 0. The van der Waals surface area contributed by atoms with Gasteiger partial charge in [-0.15, -0.1) is 12.3 Å². The van der Waals surface area contributed by atoms with Crippen molar-refractivity contribution in [3.8, 4) is 12.3 Å². The normalized spacial score (nSPS) is 23.9. The molecule has 25 heavy (non-hydrogen) atoms. The fourth-order valence-electron chi connectivity index (χ4n) is 3.50. The molecular weight excluding hydrogens is 314 g/mol. The van der Waals surface area contributed by atoms with E-state index in [4.69, 9.17) is 17.7 Å². The Balaban J connectivity index is 2.06. The van der Waals surface area contributed by atoms with Gasteiger partial charge in [-0.3, -0.25) is 21.0 Å². The van der Waals surface area contributed by atoms with Gasteiger partial charge in [-0.05, 0) is 37.3 Å². The molecule has 2 unspecified atom stereocenters. The zero-order valence-corrected chi connectivity index (χ0v) is 14.1. The van der Waals surface area contributed by atoms with E-state index in [1.807, 2.05) is 12.2 Å². The first-order chi connectivity index (χ1) is 12.2. The molecule has 1 heterocycles. The second kappa shape index (κ2) is 7.51. The molecule has 1 saturated heterocycles. The number of hydrogen-bond donors (Lipinski definition) is 4. The monoisotopic (exact) mass is 337 g/mol. The van der Waals surface area contributed by atoms with Crippen LogP contribution in [0.5, 0.6) is 0 Å². The van der Waals surface area contributed by atoms with Gasteiger partial charge in [0, 0.05) is 24.0 Å². The maximum Gasteiger partial charge on any atom is 0.262 e. The van der Waals surface area contributed by atoms with Crippen LogP contribution in [0, 0.1) is 17.8 Å². The lowest BCUT2D eigenvalue weighted by Gasteiger charge is -2.44. The van der Waals surface area contributed by atoms with Gasteiger partial charge in [-0.2, -0.15) is 0 Å². The Kier molecular flexibility index (Phi) is 5.17. The molecule has 0 spiro atoms. The van der Waals surface area contributed by atoms with Crippen LogP contribution in [-0.2, 0) is 4.79 Å². The van der Waals surface area contributed by atoms with Crippen molar-refractivity contribution >= 4 is 12.1 Å². The Morgan fingerprint density at radius 3 is 2.96 bits per heavy atom. The summed E-state index contributed by atoms with van der Waals surface area (Å²) in [5.41, 5.74) is 5.69. The Morgan fingerprint density at radius 2 is 2.32 bits per heavy atom. The van der Waals surface area contributed by atoms with Crippen LogP contribution in [-0.4, -0.2) is 29.2 Å². The number of allylic oxidation sites excluding steroid dienone is 5. The number of rotatable bonds is 5. The van der Waals surface area contributed by atoms with Crippen molar-refractivity contribution < 1.29 is 4.79 Å². The SMILES string of the molecule is C#CCC(NN)C1NC2=CCCC(C=N)=C2C(=O)N1C1=CCCC=C1. The molecule has 130 valence electrons. The number of fused-ring (bicyclic) bond motifs is 1. The molecule has 0 aromatic heterocycles. The molecule has 0 aromatic rings. The number of hydrazine groups is 1. The lowest BCUT2D eigenvalue weighted by molar-refractivity contribution is -0.129. The fourth-order valence-corrected chi connectivity index (χ4v) is 3.50. The molecule has 3 rings (SSSR count). The third-order valence-electron chi connectivity index (χ3n) is 4.73. The van der Waals surface area contributed by atoms with Gasteiger partial charge in [0.15, 0.2) is 0 Å². The van der Waals surface area contributed by atoms with Crippen molar-refractivity contribution in [2.75, 3.05) is 0 Å². The first-order valence-electron chi connectivity index (χ1n) is 8.51. The van der Waals surface area contributed by atoms with Gasteiger partial charge in [0.25, 0.3) is 5.91 Å². The molecular formula is C19H23N5O. The van der Waals surface area contributed by atoms with E-state index < -0.39 is 0 Å². The summed E-state index contributed by atoms with van der Waals surface area (Å²) < 4.78 is 0. The van der Waals surface area contributed by atoms with Crippen LogP contribution in [0.15, 0.2) is 46.8 Å².